The highest BCUT2D eigenvalue weighted by Gasteiger charge is 2.16. The molecule has 0 saturated heterocycles. The van der Waals surface area contributed by atoms with E-state index in [0.717, 1.165) is 12.8 Å². The predicted octanol–water partition coefficient (Wildman–Crippen LogP) is 0.483. The molecule has 5 nitrogen and oxygen atoms in total. The molecule has 1 atom stereocenters. The molecule has 0 saturated carbocycles. The normalized spacial score (nSPS) is 12.5. The lowest BCUT2D eigenvalue weighted by molar-refractivity contribution is -0.137. The third kappa shape index (κ3) is 6.06. The molecule has 15 heavy (non-hydrogen) atoms. The van der Waals surface area contributed by atoms with Crippen molar-refractivity contribution < 1.29 is 14.7 Å². The van der Waals surface area contributed by atoms with Gasteiger partial charge in [-0.3, -0.25) is 9.59 Å². The molecule has 0 heterocycles. The maximum atomic E-state index is 11.5. The van der Waals surface area contributed by atoms with Gasteiger partial charge >= 0.3 is 5.97 Å². The molecule has 0 bridgehead atoms. The van der Waals surface area contributed by atoms with Crippen LogP contribution in [-0.2, 0) is 9.59 Å². The molecular weight excluding hydrogens is 196 g/mol. The van der Waals surface area contributed by atoms with Crippen molar-refractivity contribution in [3.8, 4) is 0 Å². The Balaban J connectivity index is 3.92. The lowest BCUT2D eigenvalue weighted by Crippen LogP contribution is -2.45. The average Bonchev–Trinajstić information content (AvgIpc) is 2.21. The van der Waals surface area contributed by atoms with E-state index in [-0.39, 0.29) is 24.8 Å². The first-order valence-electron chi connectivity index (χ1n) is 5.29. The van der Waals surface area contributed by atoms with Gasteiger partial charge in [-0.2, -0.15) is 0 Å². The van der Waals surface area contributed by atoms with Gasteiger partial charge in [0.25, 0.3) is 0 Å². The van der Waals surface area contributed by atoms with Crippen LogP contribution in [0.15, 0.2) is 0 Å². The van der Waals surface area contributed by atoms with Crippen LogP contribution in [0.3, 0.4) is 0 Å². The molecule has 0 aliphatic heterocycles. The number of rotatable bonds is 7. The summed E-state index contributed by atoms with van der Waals surface area (Å²) in [5, 5.41) is 11.2. The Kier molecular flexibility index (Phi) is 6.70. The predicted molar refractivity (Wildman–Crippen MR) is 57.4 cm³/mol. The van der Waals surface area contributed by atoms with E-state index < -0.39 is 12.0 Å². The van der Waals surface area contributed by atoms with Crippen LogP contribution in [0, 0.1) is 0 Å². The third-order valence-corrected chi connectivity index (χ3v) is 2.34. The van der Waals surface area contributed by atoms with Crippen molar-refractivity contribution in [1.82, 2.24) is 5.32 Å². The number of hydrogen-bond acceptors (Lipinski definition) is 3. The van der Waals surface area contributed by atoms with Crippen molar-refractivity contribution in [2.24, 2.45) is 5.73 Å². The zero-order valence-electron chi connectivity index (χ0n) is 9.32. The van der Waals surface area contributed by atoms with Gasteiger partial charge in [0, 0.05) is 12.5 Å². The summed E-state index contributed by atoms with van der Waals surface area (Å²) in [5.74, 6) is -1.19. The Morgan fingerprint density at radius 2 is 1.87 bits per heavy atom. The molecule has 5 heteroatoms. The molecule has 0 aromatic rings. The summed E-state index contributed by atoms with van der Waals surface area (Å²) in [6, 6.07) is -0.588. The van der Waals surface area contributed by atoms with Crippen LogP contribution in [0.25, 0.3) is 0 Å². The molecule has 0 fully saturated rings. The van der Waals surface area contributed by atoms with Gasteiger partial charge in [-0.1, -0.05) is 13.8 Å². The summed E-state index contributed by atoms with van der Waals surface area (Å²) in [4.78, 5) is 21.7. The lowest BCUT2D eigenvalue weighted by Gasteiger charge is -2.17. The van der Waals surface area contributed by atoms with Gasteiger partial charge in [-0.15, -0.1) is 0 Å². The van der Waals surface area contributed by atoms with Gasteiger partial charge < -0.3 is 16.2 Å². The largest absolute Gasteiger partial charge is 0.481 e. The molecule has 0 aromatic heterocycles. The van der Waals surface area contributed by atoms with Gasteiger partial charge in [0.1, 0.15) is 0 Å². The summed E-state index contributed by atoms with van der Waals surface area (Å²) < 4.78 is 0. The summed E-state index contributed by atoms with van der Waals surface area (Å²) >= 11 is 0. The number of carboxylic acid groups (broad SMARTS) is 1. The first kappa shape index (κ1) is 13.9. The fourth-order valence-electron chi connectivity index (χ4n) is 1.21. The Labute approximate surface area is 90.0 Å². The highest BCUT2D eigenvalue weighted by molar-refractivity contribution is 5.82. The van der Waals surface area contributed by atoms with Crippen molar-refractivity contribution in [3.05, 3.63) is 0 Å². The molecule has 0 spiro atoms. The van der Waals surface area contributed by atoms with Crippen LogP contribution in [-0.4, -0.2) is 29.1 Å². The van der Waals surface area contributed by atoms with E-state index in [1.165, 1.54) is 0 Å². The fourth-order valence-corrected chi connectivity index (χ4v) is 1.21. The topological polar surface area (TPSA) is 92.4 Å². The Bertz CT molecular complexity index is 215. The number of carbonyl (C=O) groups is 2. The minimum atomic E-state index is -0.930. The summed E-state index contributed by atoms with van der Waals surface area (Å²) in [5.41, 5.74) is 5.55. The van der Waals surface area contributed by atoms with E-state index in [9.17, 15) is 9.59 Å². The maximum Gasteiger partial charge on any atom is 0.303 e. The van der Waals surface area contributed by atoms with Gasteiger partial charge in [0.05, 0.1) is 6.04 Å². The number of nitrogens with two attached hydrogens (primary N) is 1. The van der Waals surface area contributed by atoms with E-state index in [4.69, 9.17) is 10.8 Å². The van der Waals surface area contributed by atoms with Gasteiger partial charge in [-0.25, -0.2) is 0 Å². The zero-order valence-corrected chi connectivity index (χ0v) is 9.32. The van der Waals surface area contributed by atoms with Crippen LogP contribution >= 0.6 is 0 Å². The average molecular weight is 216 g/mol. The molecule has 88 valence electrons. The molecule has 0 aromatic carbocycles. The second-order valence-corrected chi connectivity index (χ2v) is 3.56. The standard InChI is InChI=1S/C10H20N2O3/c1-3-7(4-2)12-10(15)8(11)5-6-9(13)14/h7-8H,3-6,11H2,1-2H3,(H,12,15)(H,13,14). The van der Waals surface area contributed by atoms with E-state index in [1.54, 1.807) is 0 Å². The highest BCUT2D eigenvalue weighted by atomic mass is 16.4. The van der Waals surface area contributed by atoms with Crippen LogP contribution in [0.5, 0.6) is 0 Å². The minimum absolute atomic E-state index is 0.0719. The SMILES string of the molecule is CCC(CC)NC(=O)C(N)CCC(=O)O. The second-order valence-electron chi connectivity index (χ2n) is 3.56. The molecule has 0 radical (unpaired) electrons. The molecule has 1 unspecified atom stereocenters. The van der Waals surface area contributed by atoms with Gasteiger partial charge in [0.15, 0.2) is 0 Å². The van der Waals surface area contributed by atoms with Crippen molar-refractivity contribution in [2.45, 2.75) is 51.6 Å². The Hall–Kier alpha value is -1.10. The van der Waals surface area contributed by atoms with Crippen LogP contribution in [0.4, 0.5) is 0 Å². The van der Waals surface area contributed by atoms with Crippen molar-refractivity contribution in [2.75, 3.05) is 0 Å². The molecule has 4 N–H and O–H groups in total. The smallest absolute Gasteiger partial charge is 0.303 e. The monoisotopic (exact) mass is 216 g/mol. The number of carboxylic acids is 1. The summed E-state index contributed by atoms with van der Waals surface area (Å²) in [6.45, 7) is 3.97. The van der Waals surface area contributed by atoms with E-state index in [0.29, 0.717) is 0 Å². The number of hydrogen-bond donors (Lipinski definition) is 3. The Morgan fingerprint density at radius 3 is 2.27 bits per heavy atom. The summed E-state index contributed by atoms with van der Waals surface area (Å²) in [7, 11) is 0. The van der Waals surface area contributed by atoms with Crippen LogP contribution in [0.2, 0.25) is 0 Å². The van der Waals surface area contributed by atoms with Crippen LogP contribution < -0.4 is 11.1 Å². The van der Waals surface area contributed by atoms with Gasteiger partial charge in [-0.05, 0) is 19.3 Å². The number of carbonyl (C=O) groups excluding carboxylic acids is 1. The number of aliphatic carboxylic acids is 1. The molecule has 1 amide bonds. The van der Waals surface area contributed by atoms with Crippen molar-refractivity contribution in [3.63, 3.8) is 0 Å². The van der Waals surface area contributed by atoms with Crippen molar-refractivity contribution >= 4 is 11.9 Å². The minimum Gasteiger partial charge on any atom is -0.481 e. The van der Waals surface area contributed by atoms with Crippen LogP contribution in [0.1, 0.15) is 39.5 Å². The zero-order chi connectivity index (χ0) is 11.8. The Morgan fingerprint density at radius 1 is 1.33 bits per heavy atom. The van der Waals surface area contributed by atoms with Crippen molar-refractivity contribution in [1.29, 1.82) is 0 Å². The fraction of sp³-hybridized carbons (Fsp3) is 0.800. The van der Waals surface area contributed by atoms with E-state index in [2.05, 4.69) is 5.32 Å². The maximum absolute atomic E-state index is 11.5. The second kappa shape index (κ2) is 7.23. The summed E-state index contributed by atoms with van der Waals surface area (Å²) in [6.07, 6.45) is 1.82. The first-order chi connectivity index (χ1) is 7.01. The number of amides is 1. The molecule has 0 aliphatic carbocycles. The highest BCUT2D eigenvalue weighted by Crippen LogP contribution is 1.99. The van der Waals surface area contributed by atoms with E-state index in [1.807, 2.05) is 13.8 Å². The molecule has 0 aliphatic rings. The molecule has 0 rings (SSSR count). The van der Waals surface area contributed by atoms with E-state index >= 15 is 0 Å². The number of nitrogens with one attached hydrogen (secondary N) is 1. The van der Waals surface area contributed by atoms with Gasteiger partial charge in [0.2, 0.25) is 5.91 Å². The quantitative estimate of drug-likeness (QED) is 0.577. The lowest BCUT2D eigenvalue weighted by atomic mass is 10.1. The first-order valence-corrected chi connectivity index (χ1v) is 5.29. The third-order valence-electron chi connectivity index (χ3n) is 2.34. The molecular formula is C10H20N2O3.